The number of rotatable bonds is 1. The number of carbonyl (C=O) groups excluding carboxylic acids is 1. The zero-order valence-corrected chi connectivity index (χ0v) is 10.2. The van der Waals surface area contributed by atoms with E-state index in [1.807, 2.05) is 6.07 Å². The van der Waals surface area contributed by atoms with Crippen LogP contribution in [0.15, 0.2) is 21.6 Å². The van der Waals surface area contributed by atoms with Gasteiger partial charge in [-0.25, -0.2) is 0 Å². The number of esters is 1. The third-order valence-electron chi connectivity index (χ3n) is 2.00. The minimum Gasteiger partial charge on any atom is -0.429 e. The predicted molar refractivity (Wildman–Crippen MR) is 60.0 cm³/mol. The Morgan fingerprint density at radius 2 is 2.33 bits per heavy atom. The van der Waals surface area contributed by atoms with Crippen LogP contribution < -0.4 is 10.6 Å². The van der Waals surface area contributed by atoms with Crippen molar-refractivity contribution in [1.82, 2.24) is 0 Å². The van der Waals surface area contributed by atoms with Crippen molar-refractivity contribution in [2.45, 2.75) is 6.92 Å². The largest absolute Gasteiger partial charge is 0.429 e. The Balaban J connectivity index is 2.62. The van der Waals surface area contributed by atoms with E-state index >= 15 is 0 Å². The second kappa shape index (κ2) is 3.94. The smallest absolute Gasteiger partial charge is 0.307 e. The molecule has 0 aliphatic carbocycles. The van der Waals surface area contributed by atoms with Crippen molar-refractivity contribution in [2.24, 2.45) is 4.99 Å². The molecule has 0 saturated heterocycles. The lowest BCUT2D eigenvalue weighted by molar-refractivity contribution is -0.134. The van der Waals surface area contributed by atoms with Crippen LogP contribution in [0.5, 0.6) is 0 Å². The molecule has 0 spiro atoms. The van der Waals surface area contributed by atoms with Gasteiger partial charge in [0.05, 0.1) is 16.9 Å². The molecule has 3 nitrogen and oxygen atoms in total. The standard InChI is InChI=1S/C10H7BrClNO2/c1-5(14)15-10-4-13-9-3-8(12)7(11)2-6(9)10/h2-3H,4H2,1H3. The highest BCUT2D eigenvalue weighted by molar-refractivity contribution is 9.10. The van der Waals surface area contributed by atoms with Crippen LogP contribution in [0.3, 0.4) is 0 Å². The highest BCUT2D eigenvalue weighted by Gasteiger charge is 2.11. The number of ether oxygens (including phenoxy) is 1. The molecular formula is C10H7BrClNO2. The first kappa shape index (κ1) is 10.6. The fourth-order valence-corrected chi connectivity index (χ4v) is 1.89. The first-order chi connectivity index (χ1) is 7.08. The number of carbonyl (C=O) groups is 1. The number of nitrogens with zero attached hydrogens (tertiary/aromatic N) is 1. The van der Waals surface area contributed by atoms with Crippen molar-refractivity contribution >= 4 is 39.3 Å². The van der Waals surface area contributed by atoms with Crippen LogP contribution >= 0.6 is 27.5 Å². The second-order valence-corrected chi connectivity index (χ2v) is 4.38. The molecule has 1 heterocycles. The van der Waals surface area contributed by atoms with E-state index in [9.17, 15) is 4.79 Å². The maximum atomic E-state index is 10.8. The van der Waals surface area contributed by atoms with E-state index in [2.05, 4.69) is 20.9 Å². The quantitative estimate of drug-likeness (QED) is 0.733. The van der Waals surface area contributed by atoms with Crippen molar-refractivity contribution in [3.63, 3.8) is 0 Å². The Morgan fingerprint density at radius 3 is 3.00 bits per heavy atom. The molecule has 78 valence electrons. The topological polar surface area (TPSA) is 38.7 Å². The minimum absolute atomic E-state index is 0.334. The lowest BCUT2D eigenvalue weighted by Gasteiger charge is -2.00. The van der Waals surface area contributed by atoms with E-state index in [0.717, 1.165) is 15.0 Å². The van der Waals surface area contributed by atoms with Gasteiger partial charge in [-0.2, -0.15) is 0 Å². The van der Waals surface area contributed by atoms with E-state index in [4.69, 9.17) is 16.3 Å². The lowest BCUT2D eigenvalue weighted by Crippen LogP contribution is -2.24. The average molecular weight is 289 g/mol. The zero-order chi connectivity index (χ0) is 11.0. The maximum Gasteiger partial charge on any atom is 0.307 e. The van der Waals surface area contributed by atoms with Gasteiger partial charge in [0.1, 0.15) is 5.76 Å². The molecule has 5 heteroatoms. The fourth-order valence-electron chi connectivity index (χ4n) is 1.39. The van der Waals surface area contributed by atoms with Gasteiger partial charge < -0.3 is 4.74 Å². The molecule has 0 unspecified atom stereocenters. The fraction of sp³-hybridized carbons (Fsp3) is 0.200. The van der Waals surface area contributed by atoms with E-state index in [0.29, 0.717) is 17.3 Å². The van der Waals surface area contributed by atoms with Crippen molar-refractivity contribution in [3.8, 4) is 0 Å². The Kier molecular flexibility index (Phi) is 2.80. The van der Waals surface area contributed by atoms with Gasteiger partial charge in [-0.3, -0.25) is 9.79 Å². The van der Waals surface area contributed by atoms with E-state index in [-0.39, 0.29) is 5.97 Å². The monoisotopic (exact) mass is 287 g/mol. The van der Waals surface area contributed by atoms with E-state index in [1.165, 1.54) is 6.92 Å². The molecule has 0 aromatic heterocycles. The van der Waals surface area contributed by atoms with Crippen LogP contribution in [-0.4, -0.2) is 12.5 Å². The van der Waals surface area contributed by atoms with E-state index in [1.54, 1.807) is 6.07 Å². The van der Waals surface area contributed by atoms with Gasteiger partial charge in [-0.15, -0.1) is 0 Å². The van der Waals surface area contributed by atoms with Crippen molar-refractivity contribution in [1.29, 1.82) is 0 Å². The summed E-state index contributed by atoms with van der Waals surface area (Å²) in [6, 6.07) is 3.56. The van der Waals surface area contributed by atoms with Crippen molar-refractivity contribution < 1.29 is 9.53 Å². The Labute approximate surface area is 99.5 Å². The zero-order valence-electron chi connectivity index (χ0n) is 7.88. The molecule has 1 aromatic rings. The van der Waals surface area contributed by atoms with Gasteiger partial charge in [-0.05, 0) is 28.1 Å². The molecule has 1 aliphatic heterocycles. The third-order valence-corrected chi connectivity index (χ3v) is 3.20. The number of halogens is 2. The molecule has 2 rings (SSSR count). The van der Waals surface area contributed by atoms with Gasteiger partial charge in [-0.1, -0.05) is 11.6 Å². The number of hydrogen-bond acceptors (Lipinski definition) is 3. The molecule has 1 aliphatic rings. The minimum atomic E-state index is -0.334. The summed E-state index contributed by atoms with van der Waals surface area (Å²) in [6.07, 6.45) is 0. The first-order valence-electron chi connectivity index (χ1n) is 4.29. The molecule has 0 fully saturated rings. The van der Waals surface area contributed by atoms with Crippen LogP contribution in [-0.2, 0) is 9.53 Å². The van der Waals surface area contributed by atoms with Crippen LogP contribution in [0.25, 0.3) is 5.76 Å². The molecule has 0 N–H and O–H groups in total. The SMILES string of the molecule is CC(=O)OC1=c2cc(Br)c(Cl)cc2=NC1. The second-order valence-electron chi connectivity index (χ2n) is 3.12. The summed E-state index contributed by atoms with van der Waals surface area (Å²) in [7, 11) is 0. The summed E-state index contributed by atoms with van der Waals surface area (Å²) in [4.78, 5) is 15.1. The van der Waals surface area contributed by atoms with Gasteiger partial charge in [0, 0.05) is 16.6 Å². The highest BCUT2D eigenvalue weighted by Crippen LogP contribution is 2.18. The molecule has 15 heavy (non-hydrogen) atoms. The first-order valence-corrected chi connectivity index (χ1v) is 5.46. The normalized spacial score (nSPS) is 13.4. The summed E-state index contributed by atoms with van der Waals surface area (Å²) < 4.78 is 5.82. The Bertz CT molecular complexity index is 553. The molecular weight excluding hydrogens is 281 g/mol. The summed E-state index contributed by atoms with van der Waals surface area (Å²) in [5, 5.41) is 2.18. The molecule has 0 atom stereocenters. The molecule has 0 amide bonds. The predicted octanol–water partition coefficient (Wildman–Crippen LogP) is 1.41. The van der Waals surface area contributed by atoms with Gasteiger partial charge in [0.15, 0.2) is 0 Å². The highest BCUT2D eigenvalue weighted by atomic mass is 79.9. The van der Waals surface area contributed by atoms with Crippen LogP contribution in [0.2, 0.25) is 5.02 Å². The van der Waals surface area contributed by atoms with Gasteiger partial charge in [0.25, 0.3) is 0 Å². The van der Waals surface area contributed by atoms with Crippen LogP contribution in [0.4, 0.5) is 0 Å². The molecule has 0 radical (unpaired) electrons. The number of fused-ring (bicyclic) bond motifs is 1. The van der Waals surface area contributed by atoms with Gasteiger partial charge in [0.2, 0.25) is 0 Å². The number of hydrogen-bond donors (Lipinski definition) is 0. The van der Waals surface area contributed by atoms with Crippen molar-refractivity contribution in [2.75, 3.05) is 6.54 Å². The summed E-state index contributed by atoms with van der Waals surface area (Å²) in [5.74, 6) is 0.244. The maximum absolute atomic E-state index is 10.8. The van der Waals surface area contributed by atoms with E-state index < -0.39 is 0 Å². The summed E-state index contributed by atoms with van der Waals surface area (Å²) in [6.45, 7) is 1.76. The Morgan fingerprint density at radius 1 is 1.60 bits per heavy atom. The van der Waals surface area contributed by atoms with Crippen molar-refractivity contribution in [3.05, 3.63) is 32.2 Å². The third kappa shape index (κ3) is 2.06. The molecule has 0 bridgehead atoms. The van der Waals surface area contributed by atoms with Crippen LogP contribution in [0, 0.1) is 0 Å². The average Bonchev–Trinajstić information content (AvgIpc) is 2.49. The summed E-state index contributed by atoms with van der Waals surface area (Å²) >= 11 is 9.24. The van der Waals surface area contributed by atoms with Gasteiger partial charge >= 0.3 is 5.97 Å². The molecule has 1 aromatic carbocycles. The Hall–Kier alpha value is -0.870. The van der Waals surface area contributed by atoms with Crippen LogP contribution in [0.1, 0.15) is 6.92 Å². The number of benzene rings is 1. The summed E-state index contributed by atoms with van der Waals surface area (Å²) in [5.41, 5.74) is 0. The lowest BCUT2D eigenvalue weighted by atomic mass is 10.3. The molecule has 0 saturated carbocycles.